The van der Waals surface area contributed by atoms with Crippen LogP contribution in [-0.2, 0) is 11.3 Å². The van der Waals surface area contributed by atoms with E-state index in [0.717, 1.165) is 11.4 Å². The molecule has 1 aliphatic heterocycles. The summed E-state index contributed by atoms with van der Waals surface area (Å²) in [5, 5.41) is 0. The van der Waals surface area contributed by atoms with Gasteiger partial charge in [0.05, 0.1) is 11.4 Å². The number of carbonyl (C=O) groups is 1. The molecule has 1 aliphatic rings. The highest BCUT2D eigenvalue weighted by atomic mass is 16.2. The minimum absolute atomic E-state index is 0.100. The molecule has 4 nitrogen and oxygen atoms in total. The van der Waals surface area contributed by atoms with Crippen LogP contribution in [0.15, 0.2) is 48.5 Å². The fourth-order valence-corrected chi connectivity index (χ4v) is 2.80. The fraction of sp³-hybridized carbons (Fsp3) is 0.235. The molecule has 0 aliphatic carbocycles. The number of benzene rings is 2. The number of likely N-dealkylation sites (N-methyl/N-ethyl adjacent to an activating group) is 1. The Bertz CT molecular complexity index is 669. The summed E-state index contributed by atoms with van der Waals surface area (Å²) < 4.78 is 0. The van der Waals surface area contributed by atoms with Gasteiger partial charge in [0.1, 0.15) is 6.04 Å². The topological polar surface area (TPSA) is 49.6 Å². The van der Waals surface area contributed by atoms with Crippen LogP contribution in [0.4, 0.5) is 17.1 Å². The van der Waals surface area contributed by atoms with Crippen molar-refractivity contribution in [1.29, 1.82) is 0 Å². The Hall–Kier alpha value is -2.49. The predicted octanol–water partition coefficient (Wildman–Crippen LogP) is 2.64. The average Bonchev–Trinajstić information content (AvgIpc) is 2.50. The molecule has 21 heavy (non-hydrogen) atoms. The Morgan fingerprint density at radius 1 is 1.10 bits per heavy atom. The van der Waals surface area contributed by atoms with Gasteiger partial charge in [-0.05, 0) is 30.7 Å². The standard InChI is InChI=1S/C17H19N3O/c1-12-17(21)19(2)15-9-8-14(18)10-16(15)20(12)11-13-6-4-3-5-7-13/h3-10,12H,11,18H2,1-2H3/t12-/m1/s1. The van der Waals surface area contributed by atoms with Crippen molar-refractivity contribution in [3.8, 4) is 0 Å². The molecule has 0 aromatic heterocycles. The molecule has 3 rings (SSSR count). The van der Waals surface area contributed by atoms with Crippen molar-refractivity contribution < 1.29 is 4.79 Å². The van der Waals surface area contributed by atoms with Crippen LogP contribution in [0.5, 0.6) is 0 Å². The van der Waals surface area contributed by atoms with E-state index < -0.39 is 0 Å². The van der Waals surface area contributed by atoms with Gasteiger partial charge in [-0.2, -0.15) is 0 Å². The third kappa shape index (κ3) is 2.33. The first-order valence-electron chi connectivity index (χ1n) is 7.05. The molecule has 0 spiro atoms. The van der Waals surface area contributed by atoms with E-state index in [4.69, 9.17) is 5.73 Å². The van der Waals surface area contributed by atoms with Crippen LogP contribution < -0.4 is 15.5 Å². The van der Waals surface area contributed by atoms with Gasteiger partial charge in [0, 0.05) is 19.3 Å². The van der Waals surface area contributed by atoms with Crippen molar-refractivity contribution in [2.45, 2.75) is 19.5 Å². The number of anilines is 3. The van der Waals surface area contributed by atoms with Crippen LogP contribution in [-0.4, -0.2) is 19.0 Å². The van der Waals surface area contributed by atoms with E-state index in [2.05, 4.69) is 17.0 Å². The van der Waals surface area contributed by atoms with Crippen LogP contribution >= 0.6 is 0 Å². The number of amides is 1. The van der Waals surface area contributed by atoms with Crippen molar-refractivity contribution in [2.24, 2.45) is 0 Å². The zero-order valence-electron chi connectivity index (χ0n) is 12.3. The Morgan fingerprint density at radius 3 is 2.52 bits per heavy atom. The summed E-state index contributed by atoms with van der Waals surface area (Å²) in [6, 6.07) is 15.6. The first kappa shape index (κ1) is 13.5. The van der Waals surface area contributed by atoms with E-state index in [1.54, 1.807) is 4.90 Å². The third-order valence-electron chi connectivity index (χ3n) is 4.02. The van der Waals surface area contributed by atoms with Gasteiger partial charge in [-0.3, -0.25) is 4.79 Å². The minimum Gasteiger partial charge on any atom is -0.399 e. The number of nitrogens with two attached hydrogens (primary N) is 1. The molecule has 1 heterocycles. The number of hydrogen-bond donors (Lipinski definition) is 1. The number of nitrogen functional groups attached to an aromatic ring is 1. The van der Waals surface area contributed by atoms with E-state index in [1.807, 2.05) is 50.4 Å². The molecule has 1 amide bonds. The lowest BCUT2D eigenvalue weighted by molar-refractivity contribution is -0.119. The molecule has 0 saturated carbocycles. The maximum absolute atomic E-state index is 12.4. The number of fused-ring (bicyclic) bond motifs is 1. The van der Waals surface area contributed by atoms with Crippen molar-refractivity contribution in [1.82, 2.24) is 0 Å². The molecule has 2 N–H and O–H groups in total. The Balaban J connectivity index is 2.05. The molecule has 108 valence electrons. The molecular weight excluding hydrogens is 262 g/mol. The summed E-state index contributed by atoms with van der Waals surface area (Å²) in [6.07, 6.45) is 0. The molecule has 1 atom stereocenters. The van der Waals surface area contributed by atoms with Crippen LogP contribution in [0, 0.1) is 0 Å². The van der Waals surface area contributed by atoms with Crippen molar-refractivity contribution in [3.63, 3.8) is 0 Å². The van der Waals surface area contributed by atoms with Crippen molar-refractivity contribution >= 4 is 23.0 Å². The van der Waals surface area contributed by atoms with Crippen molar-refractivity contribution in [2.75, 3.05) is 22.6 Å². The molecule has 0 radical (unpaired) electrons. The summed E-state index contributed by atoms with van der Waals surface area (Å²) in [6.45, 7) is 2.63. The fourth-order valence-electron chi connectivity index (χ4n) is 2.80. The monoisotopic (exact) mass is 281 g/mol. The predicted molar refractivity (Wildman–Crippen MR) is 86.4 cm³/mol. The Kier molecular flexibility index (Phi) is 3.29. The van der Waals surface area contributed by atoms with Crippen LogP contribution in [0.3, 0.4) is 0 Å². The van der Waals surface area contributed by atoms with E-state index in [1.165, 1.54) is 5.56 Å². The number of rotatable bonds is 2. The van der Waals surface area contributed by atoms with Crippen LogP contribution in [0.25, 0.3) is 0 Å². The van der Waals surface area contributed by atoms with Gasteiger partial charge < -0.3 is 15.5 Å². The third-order valence-corrected chi connectivity index (χ3v) is 4.02. The van der Waals surface area contributed by atoms with Gasteiger partial charge in [-0.1, -0.05) is 30.3 Å². The lowest BCUT2D eigenvalue weighted by Crippen LogP contribution is -2.50. The van der Waals surface area contributed by atoms with Crippen molar-refractivity contribution in [3.05, 3.63) is 54.1 Å². The van der Waals surface area contributed by atoms with E-state index in [9.17, 15) is 4.79 Å². The molecule has 2 aromatic rings. The van der Waals surface area contributed by atoms with Gasteiger partial charge in [0.25, 0.3) is 0 Å². The number of nitrogens with zero attached hydrogens (tertiary/aromatic N) is 2. The van der Waals surface area contributed by atoms with E-state index >= 15 is 0 Å². The zero-order valence-corrected chi connectivity index (χ0v) is 12.3. The summed E-state index contributed by atoms with van der Waals surface area (Å²) in [5.41, 5.74) is 9.73. The highest BCUT2D eigenvalue weighted by molar-refractivity contribution is 6.05. The molecular formula is C17H19N3O. The highest BCUT2D eigenvalue weighted by Crippen LogP contribution is 2.37. The maximum Gasteiger partial charge on any atom is 0.249 e. The van der Waals surface area contributed by atoms with E-state index in [0.29, 0.717) is 12.2 Å². The maximum atomic E-state index is 12.4. The van der Waals surface area contributed by atoms with Gasteiger partial charge in [-0.15, -0.1) is 0 Å². The highest BCUT2D eigenvalue weighted by Gasteiger charge is 2.33. The minimum atomic E-state index is -0.204. The number of carbonyl (C=O) groups excluding carboxylic acids is 1. The first-order valence-corrected chi connectivity index (χ1v) is 7.05. The summed E-state index contributed by atoms with van der Waals surface area (Å²) in [5.74, 6) is 0.100. The lowest BCUT2D eigenvalue weighted by Gasteiger charge is -2.40. The van der Waals surface area contributed by atoms with Gasteiger partial charge in [0.15, 0.2) is 0 Å². The second kappa shape index (κ2) is 5.13. The Morgan fingerprint density at radius 2 is 1.81 bits per heavy atom. The molecule has 2 aromatic carbocycles. The second-order valence-corrected chi connectivity index (χ2v) is 5.43. The largest absolute Gasteiger partial charge is 0.399 e. The van der Waals surface area contributed by atoms with E-state index in [-0.39, 0.29) is 11.9 Å². The zero-order chi connectivity index (χ0) is 15.0. The van der Waals surface area contributed by atoms with Crippen LogP contribution in [0.1, 0.15) is 12.5 Å². The van der Waals surface area contributed by atoms with Crippen LogP contribution in [0.2, 0.25) is 0 Å². The molecule has 0 saturated heterocycles. The quantitative estimate of drug-likeness (QED) is 0.861. The smallest absolute Gasteiger partial charge is 0.249 e. The Labute approximate surface area is 124 Å². The van der Waals surface area contributed by atoms with Gasteiger partial charge in [0.2, 0.25) is 5.91 Å². The molecule has 0 fully saturated rings. The normalized spacial score (nSPS) is 17.8. The molecule has 0 bridgehead atoms. The average molecular weight is 281 g/mol. The van der Waals surface area contributed by atoms with Gasteiger partial charge >= 0.3 is 0 Å². The summed E-state index contributed by atoms with van der Waals surface area (Å²) in [4.78, 5) is 16.3. The van der Waals surface area contributed by atoms with Gasteiger partial charge in [-0.25, -0.2) is 0 Å². The SMILES string of the molecule is C[C@@H]1C(=O)N(C)c2ccc(N)cc2N1Cc1ccccc1. The number of hydrogen-bond acceptors (Lipinski definition) is 3. The molecule has 0 unspecified atom stereocenters. The summed E-state index contributed by atoms with van der Waals surface area (Å²) in [7, 11) is 1.81. The lowest BCUT2D eigenvalue weighted by atomic mass is 10.1. The second-order valence-electron chi connectivity index (χ2n) is 5.43. The first-order chi connectivity index (χ1) is 10.1. The molecule has 4 heteroatoms. The summed E-state index contributed by atoms with van der Waals surface area (Å²) >= 11 is 0.